The van der Waals surface area contributed by atoms with Crippen LogP contribution in [0.25, 0.3) is 37.6 Å². The average Bonchev–Trinajstić information content (AvgIpc) is 3.24. The lowest BCUT2D eigenvalue weighted by Crippen LogP contribution is -2.27. The van der Waals surface area contributed by atoms with Crippen molar-refractivity contribution in [1.29, 1.82) is 0 Å². The monoisotopic (exact) mass is 503 g/mol. The molecule has 0 radical (unpaired) electrons. The first kappa shape index (κ1) is 22.8. The predicted octanol–water partition coefficient (Wildman–Crippen LogP) is 5.06. The number of fused-ring (bicyclic) bond motifs is 1. The van der Waals surface area contributed by atoms with Gasteiger partial charge in [0.2, 0.25) is 0 Å². The van der Waals surface area contributed by atoms with Crippen LogP contribution in [-0.4, -0.2) is 25.6 Å². The van der Waals surface area contributed by atoms with E-state index in [0.29, 0.717) is 10.7 Å². The third-order valence-electron chi connectivity index (χ3n) is 5.67. The van der Waals surface area contributed by atoms with Crippen LogP contribution in [0, 0.1) is 6.92 Å². The summed E-state index contributed by atoms with van der Waals surface area (Å²) in [7, 11) is 0. The van der Waals surface area contributed by atoms with Gasteiger partial charge in [-0.1, -0.05) is 35.9 Å². The Hall–Kier alpha value is -4.01. The van der Waals surface area contributed by atoms with Crippen LogP contribution in [0.4, 0.5) is 0 Å². The molecular formula is C26H18ClN3O4S. The van der Waals surface area contributed by atoms with Gasteiger partial charge < -0.3 is 5.11 Å². The number of aryl methyl sites for hydroxylation is 1. The highest BCUT2D eigenvalue weighted by molar-refractivity contribution is 7.22. The minimum absolute atomic E-state index is 0.114. The second-order valence-electron chi connectivity index (χ2n) is 8.02. The number of hydrogen-bond acceptors (Lipinski definition) is 5. The number of carbonyl (C=O) groups is 1. The largest absolute Gasteiger partial charge is 0.481 e. The molecule has 7 nitrogen and oxygen atoms in total. The van der Waals surface area contributed by atoms with E-state index in [9.17, 15) is 19.5 Å². The van der Waals surface area contributed by atoms with Crippen LogP contribution in [0.3, 0.4) is 0 Å². The van der Waals surface area contributed by atoms with Crippen LogP contribution in [-0.2, 0) is 11.2 Å². The second-order valence-corrected chi connectivity index (χ2v) is 9.46. The highest BCUT2D eigenvalue weighted by Gasteiger charge is 2.19. The van der Waals surface area contributed by atoms with E-state index in [1.165, 1.54) is 28.2 Å². The number of rotatable bonds is 5. The summed E-state index contributed by atoms with van der Waals surface area (Å²) >= 11 is 7.55. The Balaban J connectivity index is 1.71. The molecule has 0 aliphatic rings. The molecule has 5 rings (SSSR count). The molecule has 35 heavy (non-hydrogen) atoms. The van der Waals surface area contributed by atoms with Crippen LogP contribution in [0.2, 0.25) is 5.02 Å². The van der Waals surface area contributed by atoms with Crippen LogP contribution in [0.15, 0.2) is 76.4 Å². The number of aliphatic carboxylic acids is 1. The van der Waals surface area contributed by atoms with Crippen molar-refractivity contribution < 1.29 is 9.90 Å². The number of H-pyrrole nitrogens is 1. The fourth-order valence-corrected chi connectivity index (χ4v) is 5.33. The lowest BCUT2D eigenvalue weighted by atomic mass is 9.93. The van der Waals surface area contributed by atoms with Gasteiger partial charge in [-0.05, 0) is 53.9 Å². The standard InChI is InChI=1S/C26H18ClN3O4S/c1-14-11-20-24(23(19(14)13-22(32)33)15-5-7-17(27)8-6-15)35-25(28-20)16-3-2-4-18(12-16)30-10-9-21(31)29-26(30)34/h2-12H,13H2,1H3,(H,32,33)(H,29,31,34). The first-order valence-corrected chi connectivity index (χ1v) is 11.8. The molecule has 0 aliphatic heterocycles. The van der Waals surface area contributed by atoms with Crippen LogP contribution in [0.1, 0.15) is 11.1 Å². The summed E-state index contributed by atoms with van der Waals surface area (Å²) in [6, 6.07) is 17.8. The van der Waals surface area contributed by atoms with E-state index in [-0.39, 0.29) is 6.42 Å². The highest BCUT2D eigenvalue weighted by atomic mass is 35.5. The van der Waals surface area contributed by atoms with Crippen LogP contribution < -0.4 is 11.2 Å². The molecule has 0 spiro atoms. The third kappa shape index (κ3) is 4.41. The molecule has 0 unspecified atom stereocenters. The molecule has 0 aliphatic carbocycles. The van der Waals surface area contributed by atoms with Crippen LogP contribution >= 0.6 is 22.9 Å². The van der Waals surface area contributed by atoms with Crippen molar-refractivity contribution in [2.24, 2.45) is 0 Å². The van der Waals surface area contributed by atoms with Gasteiger partial charge in [0, 0.05) is 28.4 Å². The number of aromatic amines is 1. The molecule has 0 saturated heterocycles. The van der Waals surface area contributed by atoms with Gasteiger partial charge in [-0.2, -0.15) is 0 Å². The fourth-order valence-electron chi connectivity index (χ4n) is 4.07. The van der Waals surface area contributed by atoms with Gasteiger partial charge in [0.25, 0.3) is 5.56 Å². The maximum absolute atomic E-state index is 12.3. The Bertz CT molecular complexity index is 1720. The zero-order valence-corrected chi connectivity index (χ0v) is 20.0. The lowest BCUT2D eigenvalue weighted by molar-refractivity contribution is -0.136. The van der Waals surface area contributed by atoms with E-state index in [2.05, 4.69) is 4.98 Å². The van der Waals surface area contributed by atoms with E-state index in [1.54, 1.807) is 18.2 Å². The molecule has 5 aromatic rings. The molecule has 2 N–H and O–H groups in total. The summed E-state index contributed by atoms with van der Waals surface area (Å²) in [6.07, 6.45) is 1.32. The molecular weight excluding hydrogens is 486 g/mol. The molecule has 9 heteroatoms. The van der Waals surface area contributed by atoms with Crippen molar-refractivity contribution in [3.8, 4) is 27.4 Å². The SMILES string of the molecule is Cc1cc2nc(-c3cccc(-n4ccc(=O)[nH]c4=O)c3)sc2c(-c2ccc(Cl)cc2)c1CC(=O)O. The van der Waals surface area contributed by atoms with Crippen molar-refractivity contribution in [3.05, 3.63) is 104 Å². The number of halogens is 1. The summed E-state index contributed by atoms with van der Waals surface area (Å²) < 4.78 is 2.22. The van der Waals surface area contributed by atoms with Crippen molar-refractivity contribution in [1.82, 2.24) is 14.5 Å². The molecule has 2 aromatic heterocycles. The zero-order valence-electron chi connectivity index (χ0n) is 18.4. The topological polar surface area (TPSA) is 105 Å². The van der Waals surface area contributed by atoms with Gasteiger partial charge in [-0.25, -0.2) is 9.78 Å². The maximum Gasteiger partial charge on any atom is 0.332 e. The number of nitrogens with zero attached hydrogens (tertiary/aromatic N) is 2. The molecule has 0 fully saturated rings. The number of aromatic nitrogens is 3. The van der Waals surface area contributed by atoms with E-state index in [0.717, 1.165) is 43.0 Å². The van der Waals surface area contributed by atoms with Gasteiger partial charge in [-0.15, -0.1) is 11.3 Å². The van der Waals surface area contributed by atoms with Crippen molar-refractivity contribution in [2.75, 3.05) is 0 Å². The molecule has 0 saturated carbocycles. The molecule has 3 aromatic carbocycles. The van der Waals surface area contributed by atoms with Gasteiger partial charge in [0.05, 0.1) is 22.3 Å². The number of hydrogen-bond donors (Lipinski definition) is 2. The smallest absolute Gasteiger partial charge is 0.332 e. The normalized spacial score (nSPS) is 11.1. The van der Waals surface area contributed by atoms with E-state index in [1.807, 2.05) is 43.3 Å². The van der Waals surface area contributed by atoms with Crippen LogP contribution in [0.5, 0.6) is 0 Å². The number of carboxylic acid groups (broad SMARTS) is 1. The fraction of sp³-hybridized carbons (Fsp3) is 0.0769. The number of thiazole rings is 1. The maximum atomic E-state index is 12.3. The zero-order chi connectivity index (χ0) is 24.7. The van der Waals surface area contributed by atoms with Gasteiger partial charge in [0.1, 0.15) is 5.01 Å². The second kappa shape index (κ2) is 8.98. The van der Waals surface area contributed by atoms with Gasteiger partial charge >= 0.3 is 11.7 Å². The molecule has 0 amide bonds. The number of carboxylic acids is 1. The lowest BCUT2D eigenvalue weighted by Gasteiger charge is -2.13. The van der Waals surface area contributed by atoms with Gasteiger partial charge in [-0.3, -0.25) is 19.1 Å². The summed E-state index contributed by atoms with van der Waals surface area (Å²) in [5.74, 6) is -0.911. The molecule has 0 bridgehead atoms. The summed E-state index contributed by atoms with van der Waals surface area (Å²) in [6.45, 7) is 1.89. The Kier molecular flexibility index (Phi) is 5.84. The highest BCUT2D eigenvalue weighted by Crippen LogP contribution is 2.41. The first-order valence-electron chi connectivity index (χ1n) is 10.6. The van der Waals surface area contributed by atoms with E-state index >= 15 is 0 Å². The van der Waals surface area contributed by atoms with Crippen molar-refractivity contribution >= 4 is 39.1 Å². The Morgan fingerprint density at radius 1 is 1.09 bits per heavy atom. The minimum atomic E-state index is -0.911. The van der Waals surface area contributed by atoms with E-state index < -0.39 is 17.2 Å². The summed E-state index contributed by atoms with van der Waals surface area (Å²) in [4.78, 5) is 42.4. The molecule has 0 atom stereocenters. The molecule has 174 valence electrons. The summed E-state index contributed by atoms with van der Waals surface area (Å²) in [5.41, 5.74) is 4.41. The van der Waals surface area contributed by atoms with Crippen molar-refractivity contribution in [3.63, 3.8) is 0 Å². The van der Waals surface area contributed by atoms with Gasteiger partial charge in [0.15, 0.2) is 0 Å². The predicted molar refractivity (Wildman–Crippen MR) is 138 cm³/mol. The number of benzene rings is 3. The van der Waals surface area contributed by atoms with Crippen molar-refractivity contribution in [2.45, 2.75) is 13.3 Å². The minimum Gasteiger partial charge on any atom is -0.481 e. The Labute approximate surface area is 207 Å². The first-order chi connectivity index (χ1) is 16.8. The molecule has 2 heterocycles. The quantitative estimate of drug-likeness (QED) is 0.349. The Morgan fingerprint density at radius 2 is 1.86 bits per heavy atom. The average molecular weight is 504 g/mol. The third-order valence-corrected chi connectivity index (χ3v) is 7.06. The summed E-state index contributed by atoms with van der Waals surface area (Å²) in [5, 5.41) is 10.9. The van der Waals surface area contributed by atoms with E-state index in [4.69, 9.17) is 16.6 Å². The number of nitrogens with one attached hydrogen (secondary N) is 1. The Morgan fingerprint density at radius 3 is 2.57 bits per heavy atom.